The fourth-order valence-electron chi connectivity index (χ4n) is 2.48. The van der Waals surface area contributed by atoms with E-state index in [0.717, 1.165) is 29.7 Å². The molecule has 104 valence electrons. The number of aromatic nitrogens is 2. The molecule has 2 rings (SSSR count). The molecule has 0 aliphatic heterocycles. The maximum absolute atomic E-state index is 6.02. The van der Waals surface area contributed by atoms with Gasteiger partial charge in [-0.15, -0.1) is 5.10 Å². The molecule has 2 N–H and O–H groups in total. The topological polar surface area (TPSA) is 61.0 Å². The SMILES string of the molecule is Cc1nnc(OC2CCCCCC2)c(C(N)=S)c1C. The van der Waals surface area contributed by atoms with Gasteiger partial charge in [-0.05, 0) is 45.1 Å². The second-order valence-corrected chi connectivity index (χ2v) is 5.63. The minimum absolute atomic E-state index is 0.215. The molecule has 1 fully saturated rings. The number of thiocarbonyl (C=S) groups is 1. The van der Waals surface area contributed by atoms with Crippen LogP contribution in [0.25, 0.3) is 0 Å². The molecule has 0 unspecified atom stereocenters. The van der Waals surface area contributed by atoms with Gasteiger partial charge in [0.2, 0.25) is 5.88 Å². The summed E-state index contributed by atoms with van der Waals surface area (Å²) in [6.07, 6.45) is 7.38. The molecule has 0 saturated heterocycles. The lowest BCUT2D eigenvalue weighted by atomic mass is 10.1. The van der Waals surface area contributed by atoms with Crippen LogP contribution < -0.4 is 10.5 Å². The lowest BCUT2D eigenvalue weighted by Gasteiger charge is -2.19. The first-order valence-corrected chi connectivity index (χ1v) is 7.30. The second-order valence-electron chi connectivity index (χ2n) is 5.19. The molecule has 0 amide bonds. The first kappa shape index (κ1) is 14.2. The van der Waals surface area contributed by atoms with Gasteiger partial charge in [0.15, 0.2) is 0 Å². The third-order valence-electron chi connectivity index (χ3n) is 3.75. The van der Waals surface area contributed by atoms with Crippen LogP contribution in [0.1, 0.15) is 55.3 Å². The Bertz CT molecular complexity index is 468. The van der Waals surface area contributed by atoms with E-state index in [1.54, 1.807) is 0 Å². The third-order valence-corrected chi connectivity index (χ3v) is 3.95. The van der Waals surface area contributed by atoms with E-state index < -0.39 is 0 Å². The molecule has 0 atom stereocenters. The smallest absolute Gasteiger partial charge is 0.244 e. The van der Waals surface area contributed by atoms with E-state index in [4.69, 9.17) is 22.7 Å². The Balaban J connectivity index is 2.24. The van der Waals surface area contributed by atoms with Crippen LogP contribution in [-0.2, 0) is 0 Å². The predicted octanol–water partition coefficient (Wildman–Crippen LogP) is 2.83. The molecule has 1 aromatic rings. The average molecular weight is 279 g/mol. The number of hydrogen-bond acceptors (Lipinski definition) is 4. The molecule has 1 aliphatic rings. The summed E-state index contributed by atoms with van der Waals surface area (Å²) in [4.78, 5) is 0.333. The summed E-state index contributed by atoms with van der Waals surface area (Å²) in [5.74, 6) is 0.502. The van der Waals surface area contributed by atoms with Crippen LogP contribution in [-0.4, -0.2) is 21.3 Å². The van der Waals surface area contributed by atoms with Crippen molar-refractivity contribution in [2.75, 3.05) is 0 Å². The van der Waals surface area contributed by atoms with Crippen molar-refractivity contribution in [3.8, 4) is 5.88 Å². The van der Waals surface area contributed by atoms with Crippen molar-refractivity contribution in [1.29, 1.82) is 0 Å². The van der Waals surface area contributed by atoms with Gasteiger partial charge in [-0.2, -0.15) is 5.10 Å². The Morgan fingerprint density at radius 1 is 1.16 bits per heavy atom. The van der Waals surface area contributed by atoms with Crippen LogP contribution in [0.5, 0.6) is 5.88 Å². The Morgan fingerprint density at radius 3 is 2.37 bits per heavy atom. The van der Waals surface area contributed by atoms with Gasteiger partial charge in [-0.3, -0.25) is 0 Å². The lowest BCUT2D eigenvalue weighted by Crippen LogP contribution is -2.21. The molecule has 4 nitrogen and oxygen atoms in total. The molecule has 0 radical (unpaired) electrons. The number of hydrogen-bond donors (Lipinski definition) is 1. The van der Waals surface area contributed by atoms with Crippen LogP contribution in [0, 0.1) is 13.8 Å². The summed E-state index contributed by atoms with van der Waals surface area (Å²) in [6, 6.07) is 0. The van der Waals surface area contributed by atoms with E-state index in [1.165, 1.54) is 25.7 Å². The summed E-state index contributed by atoms with van der Waals surface area (Å²) in [5, 5.41) is 8.27. The normalized spacial score (nSPS) is 16.9. The highest BCUT2D eigenvalue weighted by Crippen LogP contribution is 2.26. The molecular formula is C14H21N3OS. The number of nitrogens with zero attached hydrogens (tertiary/aromatic N) is 2. The minimum atomic E-state index is 0.215. The number of aryl methyl sites for hydroxylation is 1. The van der Waals surface area contributed by atoms with E-state index in [9.17, 15) is 0 Å². The molecule has 0 aromatic carbocycles. The van der Waals surface area contributed by atoms with Crippen LogP contribution in [0.2, 0.25) is 0 Å². The van der Waals surface area contributed by atoms with Gasteiger partial charge >= 0.3 is 0 Å². The minimum Gasteiger partial charge on any atom is -0.473 e. The standard InChI is InChI=1S/C14H21N3OS/c1-9-10(2)16-17-14(12(9)13(15)19)18-11-7-5-3-4-6-8-11/h11H,3-8H2,1-2H3,(H2,15,19). The van der Waals surface area contributed by atoms with Crippen LogP contribution in [0.15, 0.2) is 0 Å². The molecule has 19 heavy (non-hydrogen) atoms. The van der Waals surface area contributed by atoms with E-state index >= 15 is 0 Å². The van der Waals surface area contributed by atoms with Gasteiger partial charge in [-0.1, -0.05) is 25.1 Å². The maximum atomic E-state index is 6.02. The summed E-state index contributed by atoms with van der Waals surface area (Å²) in [7, 11) is 0. The Hall–Kier alpha value is -1.23. The van der Waals surface area contributed by atoms with Crippen LogP contribution in [0.3, 0.4) is 0 Å². The number of rotatable bonds is 3. The highest BCUT2D eigenvalue weighted by Gasteiger charge is 2.20. The van der Waals surface area contributed by atoms with Gasteiger partial charge in [-0.25, -0.2) is 0 Å². The van der Waals surface area contributed by atoms with Crippen molar-refractivity contribution in [3.63, 3.8) is 0 Å². The van der Waals surface area contributed by atoms with Crippen molar-refractivity contribution in [1.82, 2.24) is 10.2 Å². The first-order valence-electron chi connectivity index (χ1n) is 6.90. The lowest BCUT2D eigenvalue weighted by molar-refractivity contribution is 0.173. The van der Waals surface area contributed by atoms with Crippen molar-refractivity contribution in [2.24, 2.45) is 5.73 Å². The summed E-state index contributed by atoms with van der Waals surface area (Å²) >= 11 is 5.12. The maximum Gasteiger partial charge on any atom is 0.244 e. The highest BCUT2D eigenvalue weighted by molar-refractivity contribution is 7.80. The van der Waals surface area contributed by atoms with Gasteiger partial charge in [0.25, 0.3) is 0 Å². The molecule has 1 aromatic heterocycles. The van der Waals surface area contributed by atoms with E-state index in [0.29, 0.717) is 10.9 Å². The molecule has 0 spiro atoms. The summed E-state index contributed by atoms with van der Waals surface area (Å²) < 4.78 is 6.02. The number of nitrogens with two attached hydrogens (primary N) is 1. The van der Waals surface area contributed by atoms with Crippen LogP contribution >= 0.6 is 12.2 Å². The highest BCUT2D eigenvalue weighted by atomic mass is 32.1. The van der Waals surface area contributed by atoms with Crippen molar-refractivity contribution >= 4 is 17.2 Å². The van der Waals surface area contributed by atoms with Gasteiger partial charge in [0.1, 0.15) is 11.1 Å². The first-order chi connectivity index (χ1) is 9.09. The van der Waals surface area contributed by atoms with Crippen LogP contribution in [0.4, 0.5) is 0 Å². The van der Waals surface area contributed by atoms with E-state index in [1.807, 2.05) is 13.8 Å². The monoisotopic (exact) mass is 279 g/mol. The van der Waals surface area contributed by atoms with Crippen molar-refractivity contribution in [3.05, 3.63) is 16.8 Å². The van der Waals surface area contributed by atoms with Crippen molar-refractivity contribution < 1.29 is 4.74 Å². The average Bonchev–Trinajstić information content (AvgIpc) is 2.62. The Kier molecular flexibility index (Phi) is 4.69. The quantitative estimate of drug-likeness (QED) is 0.681. The second kappa shape index (κ2) is 6.28. The molecule has 1 heterocycles. The molecular weight excluding hydrogens is 258 g/mol. The Morgan fingerprint density at radius 2 is 1.79 bits per heavy atom. The van der Waals surface area contributed by atoms with Gasteiger partial charge in [0.05, 0.1) is 11.3 Å². The molecule has 1 saturated carbocycles. The summed E-state index contributed by atoms with van der Waals surface area (Å²) in [6.45, 7) is 3.86. The van der Waals surface area contributed by atoms with Gasteiger partial charge in [0, 0.05) is 0 Å². The largest absolute Gasteiger partial charge is 0.473 e. The predicted molar refractivity (Wildman–Crippen MR) is 79.5 cm³/mol. The third kappa shape index (κ3) is 3.41. The summed E-state index contributed by atoms with van der Waals surface area (Å²) in [5.41, 5.74) is 8.35. The fourth-order valence-corrected chi connectivity index (χ4v) is 2.72. The van der Waals surface area contributed by atoms with Crippen molar-refractivity contribution in [2.45, 2.75) is 58.5 Å². The van der Waals surface area contributed by atoms with Gasteiger partial charge < -0.3 is 10.5 Å². The Labute approximate surface area is 119 Å². The molecule has 1 aliphatic carbocycles. The molecule has 5 heteroatoms. The van der Waals surface area contributed by atoms with E-state index in [-0.39, 0.29) is 6.10 Å². The zero-order valence-corrected chi connectivity index (χ0v) is 12.4. The zero-order valence-electron chi connectivity index (χ0n) is 11.6. The molecule has 0 bridgehead atoms. The zero-order chi connectivity index (χ0) is 13.8. The van der Waals surface area contributed by atoms with E-state index in [2.05, 4.69) is 10.2 Å². The number of ether oxygens (including phenoxy) is 1. The fraction of sp³-hybridized carbons (Fsp3) is 0.643.